The number of ether oxygens (including phenoxy) is 3. The molecule has 1 saturated heterocycles. The van der Waals surface area contributed by atoms with Crippen LogP contribution in [0, 0.1) is 34.0 Å². The van der Waals surface area contributed by atoms with Gasteiger partial charge in [0.25, 0.3) is 0 Å². The second-order valence-electron chi connectivity index (χ2n) is 14.0. The highest BCUT2D eigenvalue weighted by Crippen LogP contribution is 2.69. The molecule has 0 amide bonds. The summed E-state index contributed by atoms with van der Waals surface area (Å²) in [6.07, 6.45) is 6.63. The lowest BCUT2D eigenvalue weighted by Gasteiger charge is -2.65. The average Bonchev–Trinajstić information content (AvgIpc) is 3.54. The molecular weight excluding hydrogens is 576 g/mol. The fourth-order valence-corrected chi connectivity index (χ4v) is 9.04. The largest absolute Gasteiger partial charge is 0.472 e. The maximum absolute atomic E-state index is 14.6. The van der Waals surface area contributed by atoms with Crippen molar-refractivity contribution in [2.75, 3.05) is 7.11 Å². The number of benzene rings is 1. The van der Waals surface area contributed by atoms with Crippen molar-refractivity contribution in [2.24, 2.45) is 34.0 Å². The molecule has 4 aliphatic rings. The molecule has 2 aromatic rings. The number of hydrogen-bond donors (Lipinski definition) is 1. The van der Waals surface area contributed by atoms with Gasteiger partial charge in [-0.2, -0.15) is 0 Å². The van der Waals surface area contributed by atoms with Crippen molar-refractivity contribution in [3.8, 4) is 0 Å². The maximum atomic E-state index is 14.6. The van der Waals surface area contributed by atoms with E-state index >= 15 is 0 Å². The highest BCUT2D eigenvalue weighted by Gasteiger charge is 2.72. The molecule has 1 aliphatic heterocycles. The fraction of sp³-hybridized carbons (Fsp3) is 0.500. The first-order chi connectivity index (χ1) is 21.3. The van der Waals surface area contributed by atoms with Crippen molar-refractivity contribution in [1.29, 1.82) is 0 Å². The minimum Gasteiger partial charge on any atom is -0.472 e. The Balaban J connectivity index is 1.47. The van der Waals surface area contributed by atoms with E-state index < -0.39 is 69.7 Å². The Kier molecular flexibility index (Phi) is 7.46. The average molecular weight is 617 g/mol. The van der Waals surface area contributed by atoms with E-state index in [4.69, 9.17) is 18.6 Å². The molecule has 0 spiro atoms. The number of fused-ring (bicyclic) bond motifs is 6. The van der Waals surface area contributed by atoms with Crippen molar-refractivity contribution >= 4 is 29.8 Å². The SMILES string of the molecule is COC(=O)C[C@H]1C(C)(C)[C@H](OC(=O)/C=C/c2ccccc2)C2C=C3[C@H](CC[C@@]4(C)[C@H](c5ccoc5)OC(=O)C[C@@]34O)C1(C)C2=O. The van der Waals surface area contributed by atoms with Crippen molar-refractivity contribution in [1.82, 2.24) is 0 Å². The van der Waals surface area contributed by atoms with Gasteiger partial charge in [0.15, 0.2) is 0 Å². The Labute approximate surface area is 262 Å². The van der Waals surface area contributed by atoms with Gasteiger partial charge in [-0.25, -0.2) is 4.79 Å². The van der Waals surface area contributed by atoms with Gasteiger partial charge in [0.2, 0.25) is 0 Å². The number of carbonyl (C=O) groups is 4. The lowest BCUT2D eigenvalue weighted by atomic mass is 9.39. The quantitative estimate of drug-likeness (QED) is 0.197. The van der Waals surface area contributed by atoms with Gasteiger partial charge in [0.1, 0.15) is 23.6 Å². The summed E-state index contributed by atoms with van der Waals surface area (Å²) in [5.74, 6) is -3.78. The Morgan fingerprint density at radius 2 is 1.82 bits per heavy atom. The minimum absolute atomic E-state index is 0.0778. The number of furan rings is 1. The third-order valence-electron chi connectivity index (χ3n) is 11.5. The molecule has 3 fully saturated rings. The first kappa shape index (κ1) is 31.0. The van der Waals surface area contributed by atoms with Gasteiger partial charge in [0, 0.05) is 34.3 Å². The molecule has 1 aromatic carbocycles. The molecule has 9 heteroatoms. The van der Waals surface area contributed by atoms with E-state index in [0.29, 0.717) is 24.0 Å². The van der Waals surface area contributed by atoms with Crippen molar-refractivity contribution in [3.63, 3.8) is 0 Å². The molecule has 9 nitrogen and oxygen atoms in total. The summed E-state index contributed by atoms with van der Waals surface area (Å²) < 4.78 is 22.4. The van der Waals surface area contributed by atoms with Crippen LogP contribution < -0.4 is 0 Å². The number of Topliss-reactive ketones (excluding diaryl/α,β-unsaturated/α-hetero) is 1. The molecule has 0 radical (unpaired) electrons. The normalized spacial score (nSPS) is 36.8. The number of cyclic esters (lactones) is 1. The Hall–Kier alpha value is -3.98. The smallest absolute Gasteiger partial charge is 0.331 e. The molecule has 6 rings (SSSR count). The lowest BCUT2D eigenvalue weighted by molar-refractivity contribution is -0.223. The van der Waals surface area contributed by atoms with Gasteiger partial charge < -0.3 is 23.7 Å². The third-order valence-corrected chi connectivity index (χ3v) is 11.5. The maximum Gasteiger partial charge on any atom is 0.331 e. The third kappa shape index (κ3) is 4.61. The zero-order chi connectivity index (χ0) is 32.4. The minimum atomic E-state index is -1.66. The van der Waals surface area contributed by atoms with Crippen LogP contribution in [0.25, 0.3) is 6.08 Å². The second-order valence-corrected chi connectivity index (χ2v) is 14.0. The first-order valence-electron chi connectivity index (χ1n) is 15.5. The summed E-state index contributed by atoms with van der Waals surface area (Å²) in [7, 11) is 1.31. The summed E-state index contributed by atoms with van der Waals surface area (Å²) in [5, 5.41) is 12.7. The van der Waals surface area contributed by atoms with Gasteiger partial charge in [-0.15, -0.1) is 0 Å². The number of carbonyl (C=O) groups excluding carboxylic acids is 4. The van der Waals surface area contributed by atoms with E-state index in [2.05, 4.69) is 0 Å². The zero-order valence-corrected chi connectivity index (χ0v) is 26.3. The summed E-state index contributed by atoms with van der Waals surface area (Å²) in [4.78, 5) is 53.9. The number of ketones is 1. The second kappa shape index (κ2) is 10.8. The number of methoxy groups -OCH3 is 1. The lowest BCUT2D eigenvalue weighted by Crippen LogP contribution is -2.69. The molecule has 2 unspecified atom stereocenters. The van der Waals surface area contributed by atoms with Crippen molar-refractivity contribution in [3.05, 3.63) is 77.8 Å². The fourth-order valence-electron chi connectivity index (χ4n) is 9.04. The molecule has 45 heavy (non-hydrogen) atoms. The Bertz CT molecular complexity index is 1570. The highest BCUT2D eigenvalue weighted by molar-refractivity contribution is 5.94. The van der Waals surface area contributed by atoms with Crippen LogP contribution in [0.5, 0.6) is 0 Å². The first-order valence-corrected chi connectivity index (χ1v) is 15.5. The topological polar surface area (TPSA) is 129 Å². The summed E-state index contributed by atoms with van der Waals surface area (Å²) in [6.45, 7) is 7.61. The highest BCUT2D eigenvalue weighted by atomic mass is 16.6. The molecule has 8 atom stereocenters. The van der Waals surface area contributed by atoms with Crippen LogP contribution in [0.3, 0.4) is 0 Å². The van der Waals surface area contributed by atoms with Crippen LogP contribution in [-0.2, 0) is 33.4 Å². The van der Waals surface area contributed by atoms with E-state index in [1.165, 1.54) is 25.7 Å². The van der Waals surface area contributed by atoms with Gasteiger partial charge in [-0.3, -0.25) is 14.4 Å². The van der Waals surface area contributed by atoms with E-state index in [9.17, 15) is 24.3 Å². The predicted octanol–water partition coefficient (Wildman–Crippen LogP) is 5.39. The Morgan fingerprint density at radius 3 is 2.49 bits per heavy atom. The monoisotopic (exact) mass is 616 g/mol. The standard InChI is InChI=1S/C36H40O9/c1-33(2)26(18-28(38)42-5)35(4)24-13-15-34(3)31(22-14-16-43-20-22)45-29(39)19-36(34,41)25(24)17-23(30(35)40)32(33)44-27(37)12-11-21-9-7-6-8-10-21/h6-12,14,16-17,20,23-24,26,31-32,41H,13,15,18-19H2,1-5H3/b12-11+/t23?,24-,26-,31-,32+,34-,35?,36+/m0/s1. The van der Waals surface area contributed by atoms with Crippen molar-refractivity contribution in [2.45, 2.75) is 71.2 Å². The molecule has 238 valence electrons. The van der Waals surface area contributed by atoms with Gasteiger partial charge >= 0.3 is 17.9 Å². The van der Waals surface area contributed by atoms with Gasteiger partial charge in [-0.05, 0) is 48.0 Å². The number of rotatable bonds is 6. The van der Waals surface area contributed by atoms with E-state index in [-0.39, 0.29) is 18.6 Å². The van der Waals surface area contributed by atoms with Crippen LogP contribution in [0.1, 0.15) is 70.6 Å². The molecular formula is C36H40O9. The van der Waals surface area contributed by atoms with Crippen LogP contribution in [0.2, 0.25) is 0 Å². The van der Waals surface area contributed by atoms with E-state index in [1.54, 1.807) is 18.2 Å². The Morgan fingerprint density at radius 1 is 1.09 bits per heavy atom. The number of esters is 3. The van der Waals surface area contributed by atoms with Crippen LogP contribution in [0.15, 0.2) is 71.1 Å². The summed E-state index contributed by atoms with van der Waals surface area (Å²) in [6, 6.07) is 11.0. The van der Waals surface area contributed by atoms with E-state index in [1.807, 2.05) is 58.0 Å². The van der Waals surface area contributed by atoms with Crippen molar-refractivity contribution < 1.29 is 42.9 Å². The zero-order valence-electron chi connectivity index (χ0n) is 26.3. The van der Waals surface area contributed by atoms with Gasteiger partial charge in [-0.1, -0.05) is 64.1 Å². The molecule has 3 aliphatic carbocycles. The summed E-state index contributed by atoms with van der Waals surface area (Å²) in [5.41, 5.74) is -2.52. The molecule has 1 N–H and O–H groups in total. The summed E-state index contributed by atoms with van der Waals surface area (Å²) >= 11 is 0. The van der Waals surface area contributed by atoms with Crippen LogP contribution in [-0.4, -0.2) is 47.6 Å². The number of hydrogen-bond acceptors (Lipinski definition) is 9. The molecule has 1 aromatic heterocycles. The molecule has 2 heterocycles. The number of aliphatic hydroxyl groups is 1. The van der Waals surface area contributed by atoms with Gasteiger partial charge in [0.05, 0.1) is 32.0 Å². The van der Waals surface area contributed by atoms with Crippen LogP contribution in [0.4, 0.5) is 0 Å². The van der Waals surface area contributed by atoms with E-state index in [0.717, 1.165) is 5.56 Å². The molecule has 2 bridgehead atoms. The predicted molar refractivity (Wildman–Crippen MR) is 162 cm³/mol. The van der Waals surface area contributed by atoms with Crippen LogP contribution >= 0.6 is 0 Å². The molecule has 2 saturated carbocycles.